The van der Waals surface area contributed by atoms with E-state index in [1.54, 1.807) is 18.2 Å². The van der Waals surface area contributed by atoms with Crippen molar-refractivity contribution < 1.29 is 19.1 Å². The Morgan fingerprint density at radius 1 is 0.929 bits per heavy atom. The number of hydrogen-bond acceptors (Lipinski definition) is 4. The summed E-state index contributed by atoms with van der Waals surface area (Å²) in [6.07, 6.45) is 0. The summed E-state index contributed by atoms with van der Waals surface area (Å²) in [5.74, 6) is 0.400. The second kappa shape index (κ2) is 9.26. The molecule has 6 heteroatoms. The van der Waals surface area contributed by atoms with Gasteiger partial charge in [0.1, 0.15) is 0 Å². The van der Waals surface area contributed by atoms with E-state index < -0.39 is 0 Å². The van der Waals surface area contributed by atoms with Gasteiger partial charge in [-0.3, -0.25) is 9.59 Å². The van der Waals surface area contributed by atoms with E-state index in [1.807, 2.05) is 6.92 Å². The zero-order chi connectivity index (χ0) is 20.7. The first-order chi connectivity index (χ1) is 13.3. The molecule has 0 spiro atoms. The quantitative estimate of drug-likeness (QED) is 0.734. The van der Waals surface area contributed by atoms with Crippen molar-refractivity contribution in [2.45, 2.75) is 26.2 Å². The number of nitrogens with one attached hydrogen (secondary N) is 2. The molecule has 0 aliphatic heterocycles. The summed E-state index contributed by atoms with van der Waals surface area (Å²) in [6.45, 7) is 6.55. The number of carbonyl (C=O) groups is 2. The molecule has 0 saturated heterocycles. The fraction of sp³-hybridized carbons (Fsp3) is 0.364. The van der Waals surface area contributed by atoms with Crippen LogP contribution in [0.3, 0.4) is 0 Å². The number of carbonyl (C=O) groups excluding carboxylic acids is 2. The third kappa shape index (κ3) is 5.49. The van der Waals surface area contributed by atoms with Gasteiger partial charge in [0.05, 0.1) is 20.8 Å². The van der Waals surface area contributed by atoms with Gasteiger partial charge in [0, 0.05) is 17.5 Å². The molecular weight excluding hydrogens is 356 g/mol. The molecule has 28 heavy (non-hydrogen) atoms. The van der Waals surface area contributed by atoms with Crippen LogP contribution >= 0.6 is 0 Å². The minimum absolute atomic E-state index is 0.100. The minimum Gasteiger partial charge on any atom is -0.493 e. The lowest BCUT2D eigenvalue weighted by Gasteiger charge is -2.26. The molecule has 0 unspecified atom stereocenters. The predicted molar refractivity (Wildman–Crippen MR) is 109 cm³/mol. The van der Waals surface area contributed by atoms with Gasteiger partial charge in [-0.15, -0.1) is 0 Å². The topological polar surface area (TPSA) is 76.7 Å². The van der Waals surface area contributed by atoms with Gasteiger partial charge in [0.2, 0.25) is 5.91 Å². The summed E-state index contributed by atoms with van der Waals surface area (Å²) in [7, 11) is 3.03. The van der Waals surface area contributed by atoms with Crippen molar-refractivity contribution in [3.63, 3.8) is 0 Å². The Balaban J connectivity index is 1.88. The van der Waals surface area contributed by atoms with Crippen LogP contribution in [0.4, 0.5) is 0 Å². The number of benzene rings is 2. The van der Waals surface area contributed by atoms with E-state index in [-0.39, 0.29) is 23.8 Å². The Morgan fingerprint density at radius 3 is 2.18 bits per heavy atom. The predicted octanol–water partition coefficient (Wildman–Crippen LogP) is 2.84. The zero-order valence-electron chi connectivity index (χ0n) is 17.1. The highest BCUT2D eigenvalue weighted by atomic mass is 16.5. The molecule has 2 rings (SSSR count). The van der Waals surface area contributed by atoms with Crippen molar-refractivity contribution >= 4 is 11.8 Å². The van der Waals surface area contributed by atoms with E-state index in [0.717, 1.165) is 5.56 Å². The summed E-state index contributed by atoms with van der Waals surface area (Å²) in [5, 5.41) is 5.51. The van der Waals surface area contributed by atoms with E-state index >= 15 is 0 Å². The lowest BCUT2D eigenvalue weighted by Crippen LogP contribution is -2.42. The lowest BCUT2D eigenvalue weighted by atomic mass is 9.84. The largest absolute Gasteiger partial charge is 0.493 e. The normalized spacial score (nSPS) is 10.9. The van der Waals surface area contributed by atoms with Crippen molar-refractivity contribution in [3.05, 3.63) is 59.2 Å². The maximum Gasteiger partial charge on any atom is 0.251 e. The molecule has 0 saturated carbocycles. The summed E-state index contributed by atoms with van der Waals surface area (Å²) in [4.78, 5) is 24.4. The number of hydrogen-bond donors (Lipinski definition) is 2. The van der Waals surface area contributed by atoms with Gasteiger partial charge in [0.15, 0.2) is 11.5 Å². The molecular formula is C22H28N2O4. The molecule has 0 aliphatic rings. The Kier molecular flexibility index (Phi) is 7.04. The summed E-state index contributed by atoms with van der Waals surface area (Å²) in [6, 6.07) is 13.1. The molecule has 2 N–H and O–H groups in total. The van der Waals surface area contributed by atoms with E-state index in [2.05, 4.69) is 48.7 Å². The van der Waals surface area contributed by atoms with Crippen molar-refractivity contribution in [1.82, 2.24) is 10.6 Å². The van der Waals surface area contributed by atoms with Gasteiger partial charge in [-0.05, 0) is 30.7 Å². The van der Waals surface area contributed by atoms with Crippen molar-refractivity contribution in [1.29, 1.82) is 0 Å². The van der Waals surface area contributed by atoms with Crippen LogP contribution in [-0.4, -0.2) is 39.1 Å². The van der Waals surface area contributed by atoms with Crippen molar-refractivity contribution in [2.24, 2.45) is 0 Å². The number of rotatable bonds is 8. The maximum atomic E-state index is 12.3. The molecule has 0 aromatic heterocycles. The molecule has 0 aliphatic carbocycles. The number of ether oxygens (including phenoxy) is 2. The van der Waals surface area contributed by atoms with Crippen LogP contribution in [0.15, 0.2) is 42.5 Å². The van der Waals surface area contributed by atoms with Gasteiger partial charge in [-0.1, -0.05) is 43.7 Å². The van der Waals surface area contributed by atoms with Gasteiger partial charge in [0.25, 0.3) is 5.91 Å². The van der Waals surface area contributed by atoms with Gasteiger partial charge in [-0.25, -0.2) is 0 Å². The van der Waals surface area contributed by atoms with Gasteiger partial charge in [-0.2, -0.15) is 0 Å². The van der Waals surface area contributed by atoms with Crippen LogP contribution in [0.5, 0.6) is 11.5 Å². The van der Waals surface area contributed by atoms with Crippen LogP contribution in [0, 0.1) is 6.92 Å². The van der Waals surface area contributed by atoms with Crippen LogP contribution < -0.4 is 20.1 Å². The van der Waals surface area contributed by atoms with Crippen LogP contribution in [-0.2, 0) is 10.2 Å². The number of amides is 2. The first-order valence-corrected chi connectivity index (χ1v) is 9.11. The summed E-state index contributed by atoms with van der Waals surface area (Å²) >= 11 is 0. The smallest absolute Gasteiger partial charge is 0.251 e. The van der Waals surface area contributed by atoms with Crippen LogP contribution in [0.1, 0.15) is 35.3 Å². The first kappa shape index (κ1) is 21.3. The third-order valence-corrected chi connectivity index (χ3v) is 4.62. The second-order valence-electron chi connectivity index (χ2n) is 7.28. The Hall–Kier alpha value is -3.02. The first-order valence-electron chi connectivity index (χ1n) is 9.11. The average Bonchev–Trinajstić information content (AvgIpc) is 2.70. The molecule has 2 aromatic rings. The second-order valence-corrected chi connectivity index (χ2v) is 7.28. The number of methoxy groups -OCH3 is 2. The highest BCUT2D eigenvalue weighted by molar-refractivity contribution is 5.97. The van der Waals surface area contributed by atoms with Crippen LogP contribution in [0.2, 0.25) is 0 Å². The summed E-state index contributed by atoms with van der Waals surface area (Å²) < 4.78 is 10.3. The Morgan fingerprint density at radius 2 is 1.57 bits per heavy atom. The maximum absolute atomic E-state index is 12.3. The van der Waals surface area contributed by atoms with Gasteiger partial charge >= 0.3 is 0 Å². The number of aryl methyl sites for hydroxylation is 1. The summed E-state index contributed by atoms with van der Waals surface area (Å²) in [5.41, 5.74) is 2.52. The monoisotopic (exact) mass is 384 g/mol. The van der Waals surface area contributed by atoms with E-state index in [4.69, 9.17) is 9.47 Å². The van der Waals surface area contributed by atoms with E-state index in [1.165, 1.54) is 19.8 Å². The molecule has 6 nitrogen and oxygen atoms in total. The minimum atomic E-state index is -0.353. The highest BCUT2D eigenvalue weighted by Gasteiger charge is 2.21. The standard InChI is InChI=1S/C22H28N2O4/c1-15-6-9-17(10-7-15)22(2,3)14-24-20(25)13-23-21(26)16-8-11-18(27-4)19(12-16)28-5/h6-12H,13-14H2,1-5H3,(H,23,26)(H,24,25). The van der Waals surface area contributed by atoms with E-state index in [0.29, 0.717) is 23.6 Å². The Labute approximate surface area is 166 Å². The lowest BCUT2D eigenvalue weighted by molar-refractivity contribution is -0.120. The average molecular weight is 384 g/mol. The molecule has 2 aromatic carbocycles. The fourth-order valence-corrected chi connectivity index (χ4v) is 2.73. The van der Waals surface area contributed by atoms with Crippen molar-refractivity contribution in [2.75, 3.05) is 27.3 Å². The van der Waals surface area contributed by atoms with Crippen LogP contribution in [0.25, 0.3) is 0 Å². The SMILES string of the molecule is COc1ccc(C(=O)NCC(=O)NCC(C)(C)c2ccc(C)cc2)cc1OC. The van der Waals surface area contributed by atoms with Crippen molar-refractivity contribution in [3.8, 4) is 11.5 Å². The molecule has 0 fully saturated rings. The molecule has 0 radical (unpaired) electrons. The van der Waals surface area contributed by atoms with E-state index in [9.17, 15) is 9.59 Å². The van der Waals surface area contributed by atoms with Gasteiger partial charge < -0.3 is 20.1 Å². The highest BCUT2D eigenvalue weighted by Crippen LogP contribution is 2.27. The molecule has 2 amide bonds. The molecule has 0 atom stereocenters. The Bertz CT molecular complexity index is 829. The molecule has 150 valence electrons. The third-order valence-electron chi connectivity index (χ3n) is 4.62. The molecule has 0 bridgehead atoms. The molecule has 0 heterocycles. The zero-order valence-corrected chi connectivity index (χ0v) is 17.1. The fourth-order valence-electron chi connectivity index (χ4n) is 2.73.